The zero-order chi connectivity index (χ0) is 11.7. The SMILES string of the molecule is O=S(=O)(Cl)N1CCN(CC(F)(F)F)CC1. The van der Waals surface area contributed by atoms with Crippen molar-refractivity contribution in [2.75, 3.05) is 32.7 Å². The molecule has 1 aliphatic heterocycles. The van der Waals surface area contributed by atoms with Gasteiger partial charge < -0.3 is 0 Å². The Balaban J connectivity index is 2.43. The van der Waals surface area contributed by atoms with Gasteiger partial charge in [-0.2, -0.15) is 25.9 Å². The van der Waals surface area contributed by atoms with Gasteiger partial charge in [0, 0.05) is 36.9 Å². The van der Waals surface area contributed by atoms with E-state index >= 15 is 0 Å². The number of rotatable bonds is 2. The molecule has 0 spiro atoms. The molecule has 0 saturated carbocycles. The van der Waals surface area contributed by atoms with E-state index in [1.54, 1.807) is 0 Å². The minimum Gasteiger partial charge on any atom is -0.292 e. The van der Waals surface area contributed by atoms with E-state index in [0.717, 1.165) is 9.21 Å². The highest BCUT2D eigenvalue weighted by Crippen LogP contribution is 2.18. The van der Waals surface area contributed by atoms with Crippen LogP contribution in [0.1, 0.15) is 0 Å². The van der Waals surface area contributed by atoms with Crippen molar-refractivity contribution in [1.82, 2.24) is 9.21 Å². The van der Waals surface area contributed by atoms with Gasteiger partial charge in [-0.3, -0.25) is 4.90 Å². The lowest BCUT2D eigenvalue weighted by molar-refractivity contribution is -0.148. The Morgan fingerprint density at radius 1 is 1.13 bits per heavy atom. The molecule has 0 amide bonds. The van der Waals surface area contributed by atoms with E-state index < -0.39 is 22.0 Å². The van der Waals surface area contributed by atoms with Gasteiger partial charge in [-0.05, 0) is 0 Å². The third-order valence-corrected chi connectivity index (χ3v) is 3.61. The van der Waals surface area contributed by atoms with Gasteiger partial charge in [-0.1, -0.05) is 0 Å². The molecule has 0 aliphatic carbocycles. The maximum absolute atomic E-state index is 12.0. The Labute approximate surface area is 90.1 Å². The topological polar surface area (TPSA) is 40.6 Å². The maximum atomic E-state index is 12.0. The summed E-state index contributed by atoms with van der Waals surface area (Å²) in [5.41, 5.74) is 0. The van der Waals surface area contributed by atoms with Gasteiger partial charge in [-0.15, -0.1) is 0 Å². The van der Waals surface area contributed by atoms with E-state index in [9.17, 15) is 21.6 Å². The highest BCUT2D eigenvalue weighted by molar-refractivity contribution is 8.11. The van der Waals surface area contributed by atoms with E-state index in [1.807, 2.05) is 0 Å². The van der Waals surface area contributed by atoms with Gasteiger partial charge in [0.05, 0.1) is 6.54 Å². The van der Waals surface area contributed by atoms with Crippen LogP contribution in [0.25, 0.3) is 0 Å². The van der Waals surface area contributed by atoms with Gasteiger partial charge in [0.25, 0.3) is 9.24 Å². The molecule has 1 fully saturated rings. The Hall–Kier alpha value is -0.0500. The second-order valence-electron chi connectivity index (χ2n) is 3.23. The Bertz CT molecular complexity index is 311. The van der Waals surface area contributed by atoms with E-state index in [0.29, 0.717) is 0 Å². The van der Waals surface area contributed by atoms with Crippen molar-refractivity contribution in [2.45, 2.75) is 6.18 Å². The number of nitrogens with zero attached hydrogens (tertiary/aromatic N) is 2. The zero-order valence-corrected chi connectivity index (χ0v) is 9.24. The highest BCUT2D eigenvalue weighted by Gasteiger charge is 2.33. The summed E-state index contributed by atoms with van der Waals surface area (Å²) >= 11 is 0. The molecular weight excluding hydrogens is 257 g/mol. The molecule has 15 heavy (non-hydrogen) atoms. The standard InChI is InChI=1S/C6H10ClF3N2O2S/c7-15(13,14)12-3-1-11(2-4-12)5-6(8,9)10/h1-5H2. The van der Waals surface area contributed by atoms with Crippen molar-refractivity contribution < 1.29 is 21.6 Å². The molecule has 1 heterocycles. The van der Waals surface area contributed by atoms with Crippen LogP contribution in [0.5, 0.6) is 0 Å². The average molecular weight is 267 g/mol. The molecule has 0 N–H and O–H groups in total. The number of piperazine rings is 1. The smallest absolute Gasteiger partial charge is 0.292 e. The minimum atomic E-state index is -4.25. The molecular formula is C6H10ClF3N2O2S. The van der Waals surface area contributed by atoms with Gasteiger partial charge in [0.1, 0.15) is 0 Å². The van der Waals surface area contributed by atoms with Crippen molar-refractivity contribution in [3.05, 3.63) is 0 Å². The number of alkyl halides is 3. The Kier molecular flexibility index (Phi) is 3.85. The molecule has 0 unspecified atom stereocenters. The normalized spacial score (nSPS) is 21.9. The first kappa shape index (κ1) is 13.0. The second kappa shape index (κ2) is 4.44. The summed E-state index contributed by atoms with van der Waals surface area (Å²) in [7, 11) is 1.25. The van der Waals surface area contributed by atoms with Crippen LogP contribution < -0.4 is 0 Å². The lowest BCUT2D eigenvalue weighted by Crippen LogP contribution is -2.49. The lowest BCUT2D eigenvalue weighted by atomic mass is 10.3. The molecule has 90 valence electrons. The maximum Gasteiger partial charge on any atom is 0.401 e. The summed E-state index contributed by atoms with van der Waals surface area (Å²) < 4.78 is 58.5. The van der Waals surface area contributed by atoms with Crippen molar-refractivity contribution in [3.8, 4) is 0 Å². The van der Waals surface area contributed by atoms with E-state index in [1.165, 1.54) is 0 Å². The van der Waals surface area contributed by atoms with Crippen molar-refractivity contribution >= 4 is 19.9 Å². The molecule has 0 radical (unpaired) electrons. The summed E-state index contributed by atoms with van der Waals surface area (Å²) in [6.07, 6.45) is -4.25. The molecule has 1 rings (SSSR count). The fourth-order valence-corrected chi connectivity index (χ4v) is 2.37. The van der Waals surface area contributed by atoms with Crippen LogP contribution in [0.15, 0.2) is 0 Å². The summed E-state index contributed by atoms with van der Waals surface area (Å²) in [5, 5.41) is 0. The molecule has 4 nitrogen and oxygen atoms in total. The number of hydrogen-bond donors (Lipinski definition) is 0. The Morgan fingerprint density at radius 2 is 1.60 bits per heavy atom. The molecule has 1 saturated heterocycles. The molecule has 0 aromatic heterocycles. The van der Waals surface area contributed by atoms with Crippen molar-refractivity contribution in [3.63, 3.8) is 0 Å². The number of hydrogen-bond acceptors (Lipinski definition) is 3. The summed E-state index contributed by atoms with van der Waals surface area (Å²) in [6, 6.07) is 0. The van der Waals surface area contributed by atoms with E-state index in [4.69, 9.17) is 10.7 Å². The molecule has 0 bridgehead atoms. The third kappa shape index (κ3) is 4.54. The molecule has 0 aromatic rings. The Morgan fingerprint density at radius 3 is 1.93 bits per heavy atom. The first-order valence-electron chi connectivity index (χ1n) is 4.17. The van der Waals surface area contributed by atoms with Crippen LogP contribution in [0.2, 0.25) is 0 Å². The minimum absolute atomic E-state index is 0.00190. The predicted molar refractivity (Wildman–Crippen MR) is 48.8 cm³/mol. The fourth-order valence-electron chi connectivity index (χ4n) is 1.36. The quantitative estimate of drug-likeness (QED) is 0.689. The zero-order valence-electron chi connectivity index (χ0n) is 7.67. The van der Waals surface area contributed by atoms with Crippen LogP contribution in [0, 0.1) is 0 Å². The predicted octanol–water partition coefficient (Wildman–Crippen LogP) is 0.650. The summed E-state index contributed by atoms with van der Waals surface area (Å²) in [6.45, 7) is -0.913. The molecule has 0 aromatic carbocycles. The monoisotopic (exact) mass is 266 g/mol. The lowest BCUT2D eigenvalue weighted by Gasteiger charge is -2.32. The van der Waals surface area contributed by atoms with Crippen LogP contribution in [0.4, 0.5) is 13.2 Å². The highest BCUT2D eigenvalue weighted by atomic mass is 35.7. The first-order chi connectivity index (χ1) is 6.68. The average Bonchev–Trinajstić information content (AvgIpc) is 2.00. The van der Waals surface area contributed by atoms with Gasteiger partial charge in [0.2, 0.25) is 0 Å². The molecule has 0 atom stereocenters. The van der Waals surface area contributed by atoms with Crippen LogP contribution >= 0.6 is 10.7 Å². The first-order valence-corrected chi connectivity index (χ1v) is 6.44. The molecule has 9 heteroatoms. The second-order valence-corrected chi connectivity index (χ2v) is 5.74. The third-order valence-electron chi connectivity index (χ3n) is 2.04. The van der Waals surface area contributed by atoms with Gasteiger partial charge >= 0.3 is 6.18 Å². The fraction of sp³-hybridized carbons (Fsp3) is 1.00. The van der Waals surface area contributed by atoms with Gasteiger partial charge in [0.15, 0.2) is 0 Å². The summed E-state index contributed by atoms with van der Waals surface area (Å²) in [5.74, 6) is 0. The van der Waals surface area contributed by atoms with Crippen LogP contribution in [0.3, 0.4) is 0 Å². The van der Waals surface area contributed by atoms with Gasteiger partial charge in [-0.25, -0.2) is 0 Å². The summed E-state index contributed by atoms with van der Waals surface area (Å²) in [4.78, 5) is 1.15. The van der Waals surface area contributed by atoms with Crippen molar-refractivity contribution in [2.24, 2.45) is 0 Å². The van der Waals surface area contributed by atoms with E-state index in [2.05, 4.69) is 0 Å². The number of halogens is 4. The van der Waals surface area contributed by atoms with Crippen LogP contribution in [-0.2, 0) is 9.24 Å². The molecule has 1 aliphatic rings. The van der Waals surface area contributed by atoms with Crippen molar-refractivity contribution in [1.29, 1.82) is 0 Å². The van der Waals surface area contributed by atoms with E-state index in [-0.39, 0.29) is 26.2 Å². The largest absolute Gasteiger partial charge is 0.401 e. The van der Waals surface area contributed by atoms with Crippen LogP contribution in [-0.4, -0.2) is 56.5 Å².